The number of hydrogen-bond donors (Lipinski definition) is 1. The molecule has 1 amide bonds. The van der Waals surface area contributed by atoms with Crippen LogP contribution in [0.1, 0.15) is 39.6 Å². The van der Waals surface area contributed by atoms with E-state index >= 15 is 0 Å². The molecular formula is C19H19NO3. The van der Waals surface area contributed by atoms with E-state index in [-0.39, 0.29) is 11.7 Å². The second-order valence-electron chi connectivity index (χ2n) is 5.44. The van der Waals surface area contributed by atoms with Crippen LogP contribution in [0.2, 0.25) is 0 Å². The minimum Gasteiger partial charge on any atom is -0.382 e. The van der Waals surface area contributed by atoms with E-state index < -0.39 is 0 Å². The Bertz CT molecular complexity index is 752. The summed E-state index contributed by atoms with van der Waals surface area (Å²) in [7, 11) is 0. The molecule has 1 aliphatic carbocycles. The summed E-state index contributed by atoms with van der Waals surface area (Å²) in [6, 6.07) is 12.8. The van der Waals surface area contributed by atoms with Crippen LogP contribution in [0.3, 0.4) is 0 Å². The fraction of sp³-hybridized carbons (Fsp3) is 0.263. The number of amides is 1. The van der Waals surface area contributed by atoms with Crippen LogP contribution in [-0.2, 0) is 4.74 Å². The van der Waals surface area contributed by atoms with Crippen LogP contribution >= 0.6 is 0 Å². The van der Waals surface area contributed by atoms with Gasteiger partial charge in [-0.2, -0.15) is 0 Å². The van der Waals surface area contributed by atoms with Crippen LogP contribution in [0.15, 0.2) is 42.5 Å². The fourth-order valence-electron chi connectivity index (χ4n) is 2.79. The molecule has 0 unspecified atom stereocenters. The predicted molar refractivity (Wildman–Crippen MR) is 88.8 cm³/mol. The first-order chi connectivity index (χ1) is 11.2. The van der Waals surface area contributed by atoms with Crippen molar-refractivity contribution in [3.8, 4) is 11.1 Å². The zero-order valence-corrected chi connectivity index (χ0v) is 13.1. The Labute approximate surface area is 135 Å². The first-order valence-corrected chi connectivity index (χ1v) is 7.86. The molecule has 2 aromatic rings. The molecule has 0 fully saturated rings. The highest BCUT2D eigenvalue weighted by atomic mass is 16.5. The molecule has 1 N–H and O–H groups in total. The lowest BCUT2D eigenvalue weighted by molar-refractivity contribution is 0.0944. The SMILES string of the molecule is CCOCCCNC(=O)c1ccc2c(c1)C(=O)c1ccccc1-2. The number of carbonyl (C=O) groups excluding carboxylic acids is 2. The summed E-state index contributed by atoms with van der Waals surface area (Å²) < 4.78 is 5.24. The molecule has 0 aliphatic heterocycles. The molecule has 4 nitrogen and oxygen atoms in total. The van der Waals surface area contributed by atoms with Crippen molar-refractivity contribution in [2.45, 2.75) is 13.3 Å². The van der Waals surface area contributed by atoms with Gasteiger partial charge in [0.2, 0.25) is 0 Å². The molecule has 118 valence electrons. The summed E-state index contributed by atoms with van der Waals surface area (Å²) in [6.45, 7) is 3.82. The zero-order chi connectivity index (χ0) is 16.2. The first kappa shape index (κ1) is 15.4. The van der Waals surface area contributed by atoms with Crippen molar-refractivity contribution in [3.63, 3.8) is 0 Å². The molecule has 4 heteroatoms. The van der Waals surface area contributed by atoms with Crippen molar-refractivity contribution in [1.82, 2.24) is 5.32 Å². The number of ketones is 1. The number of benzene rings is 2. The molecule has 0 spiro atoms. The van der Waals surface area contributed by atoms with E-state index in [1.165, 1.54) is 0 Å². The Hall–Kier alpha value is -2.46. The zero-order valence-electron chi connectivity index (χ0n) is 13.1. The molecule has 0 atom stereocenters. The van der Waals surface area contributed by atoms with E-state index in [2.05, 4.69) is 5.32 Å². The standard InChI is InChI=1S/C19H19NO3/c1-2-23-11-5-10-20-19(22)13-8-9-15-14-6-3-4-7-16(14)18(21)17(15)12-13/h3-4,6-9,12H,2,5,10-11H2,1H3,(H,20,22). The van der Waals surface area contributed by atoms with Gasteiger partial charge in [-0.3, -0.25) is 9.59 Å². The molecule has 23 heavy (non-hydrogen) atoms. The van der Waals surface area contributed by atoms with Gasteiger partial charge < -0.3 is 10.1 Å². The molecule has 1 aliphatic rings. The molecule has 0 heterocycles. The molecular weight excluding hydrogens is 290 g/mol. The third-order valence-electron chi connectivity index (χ3n) is 3.94. The number of nitrogens with one attached hydrogen (secondary N) is 1. The van der Waals surface area contributed by atoms with Crippen LogP contribution in [0.4, 0.5) is 0 Å². The summed E-state index contributed by atoms with van der Waals surface area (Å²) in [6.07, 6.45) is 0.773. The minimum atomic E-state index is -0.159. The van der Waals surface area contributed by atoms with Crippen molar-refractivity contribution >= 4 is 11.7 Å². The average molecular weight is 309 g/mol. The third-order valence-corrected chi connectivity index (χ3v) is 3.94. The van der Waals surface area contributed by atoms with Gasteiger partial charge in [-0.25, -0.2) is 0 Å². The summed E-state index contributed by atoms with van der Waals surface area (Å²) in [5, 5.41) is 2.85. The normalized spacial score (nSPS) is 12.0. The maximum Gasteiger partial charge on any atom is 0.251 e. The fourth-order valence-corrected chi connectivity index (χ4v) is 2.79. The largest absolute Gasteiger partial charge is 0.382 e. The Morgan fingerprint density at radius 2 is 1.78 bits per heavy atom. The van der Waals surface area contributed by atoms with Crippen molar-refractivity contribution in [3.05, 3.63) is 59.2 Å². The van der Waals surface area contributed by atoms with Crippen molar-refractivity contribution in [1.29, 1.82) is 0 Å². The maximum absolute atomic E-state index is 12.4. The van der Waals surface area contributed by atoms with E-state index in [1.807, 2.05) is 37.3 Å². The van der Waals surface area contributed by atoms with E-state index in [9.17, 15) is 9.59 Å². The van der Waals surface area contributed by atoms with Crippen LogP contribution in [0.25, 0.3) is 11.1 Å². The number of ether oxygens (including phenoxy) is 1. The van der Waals surface area contributed by atoms with Gasteiger partial charge in [0.15, 0.2) is 5.78 Å². The minimum absolute atomic E-state index is 0.0124. The lowest BCUT2D eigenvalue weighted by Gasteiger charge is -2.07. The number of fused-ring (bicyclic) bond motifs is 3. The lowest BCUT2D eigenvalue weighted by atomic mass is 10.0. The van der Waals surface area contributed by atoms with Gasteiger partial charge in [0, 0.05) is 36.4 Å². The van der Waals surface area contributed by atoms with Gasteiger partial charge in [0.25, 0.3) is 5.91 Å². The highest BCUT2D eigenvalue weighted by Crippen LogP contribution is 2.36. The van der Waals surface area contributed by atoms with E-state index in [0.717, 1.165) is 17.5 Å². The Kier molecular flexibility index (Phi) is 4.53. The quantitative estimate of drug-likeness (QED) is 0.712. The lowest BCUT2D eigenvalue weighted by Crippen LogP contribution is -2.25. The van der Waals surface area contributed by atoms with Crippen molar-refractivity contribution in [2.75, 3.05) is 19.8 Å². The number of carbonyl (C=O) groups is 2. The van der Waals surface area contributed by atoms with Gasteiger partial charge in [0.1, 0.15) is 0 Å². The van der Waals surface area contributed by atoms with Crippen molar-refractivity contribution in [2.24, 2.45) is 0 Å². The third kappa shape index (κ3) is 3.03. The Balaban J connectivity index is 1.73. The summed E-state index contributed by atoms with van der Waals surface area (Å²) >= 11 is 0. The van der Waals surface area contributed by atoms with Crippen LogP contribution < -0.4 is 5.32 Å². The number of hydrogen-bond acceptors (Lipinski definition) is 3. The summed E-state index contributed by atoms with van der Waals surface area (Å²) in [5.74, 6) is -0.172. The van der Waals surface area contributed by atoms with Crippen molar-refractivity contribution < 1.29 is 14.3 Å². The Morgan fingerprint density at radius 1 is 1.04 bits per heavy atom. The highest BCUT2D eigenvalue weighted by Gasteiger charge is 2.26. The average Bonchev–Trinajstić information content (AvgIpc) is 2.87. The topological polar surface area (TPSA) is 55.4 Å². The van der Waals surface area contributed by atoms with Crippen LogP contribution in [0.5, 0.6) is 0 Å². The van der Waals surface area contributed by atoms with E-state index in [4.69, 9.17) is 4.74 Å². The monoisotopic (exact) mass is 309 g/mol. The van der Waals surface area contributed by atoms with Crippen LogP contribution in [0, 0.1) is 0 Å². The maximum atomic E-state index is 12.4. The Morgan fingerprint density at radius 3 is 2.57 bits per heavy atom. The molecule has 3 rings (SSSR count). The molecule has 0 bridgehead atoms. The molecule has 0 aromatic heterocycles. The van der Waals surface area contributed by atoms with Gasteiger partial charge in [0.05, 0.1) is 0 Å². The second kappa shape index (κ2) is 6.75. The van der Waals surface area contributed by atoms with Gasteiger partial charge in [-0.15, -0.1) is 0 Å². The van der Waals surface area contributed by atoms with Gasteiger partial charge in [-0.1, -0.05) is 30.3 Å². The predicted octanol–water partition coefficient (Wildman–Crippen LogP) is 3.05. The van der Waals surface area contributed by atoms with E-state index in [1.54, 1.807) is 12.1 Å². The summed E-state index contributed by atoms with van der Waals surface area (Å²) in [5.41, 5.74) is 3.67. The molecule has 0 saturated carbocycles. The summed E-state index contributed by atoms with van der Waals surface area (Å²) in [4.78, 5) is 24.6. The number of rotatable bonds is 6. The molecule has 2 aromatic carbocycles. The highest BCUT2D eigenvalue weighted by molar-refractivity contribution is 6.22. The van der Waals surface area contributed by atoms with Crippen LogP contribution in [-0.4, -0.2) is 31.4 Å². The second-order valence-corrected chi connectivity index (χ2v) is 5.44. The smallest absolute Gasteiger partial charge is 0.251 e. The van der Waals surface area contributed by atoms with Gasteiger partial charge >= 0.3 is 0 Å². The molecule has 0 saturated heterocycles. The first-order valence-electron chi connectivity index (χ1n) is 7.86. The van der Waals surface area contributed by atoms with E-state index in [0.29, 0.717) is 36.4 Å². The molecule has 0 radical (unpaired) electrons. The van der Waals surface area contributed by atoms with Gasteiger partial charge in [-0.05, 0) is 36.6 Å².